The summed E-state index contributed by atoms with van der Waals surface area (Å²) < 4.78 is 2.10. The van der Waals surface area contributed by atoms with Crippen molar-refractivity contribution in [1.82, 2.24) is 0 Å². The standard InChI is InChI=1S/C12H10AsN/c13-14(11-7-3-1-4-8-11)12-9-5-2-6-10-12/h1-10H. The third-order valence-electron chi connectivity index (χ3n) is 2.00. The van der Waals surface area contributed by atoms with Gasteiger partial charge in [-0.05, 0) is 0 Å². The van der Waals surface area contributed by atoms with Gasteiger partial charge in [-0.3, -0.25) is 0 Å². The van der Waals surface area contributed by atoms with Gasteiger partial charge in [0, 0.05) is 0 Å². The van der Waals surface area contributed by atoms with E-state index in [0.717, 1.165) is 0 Å². The van der Waals surface area contributed by atoms with E-state index in [-0.39, 0.29) is 0 Å². The van der Waals surface area contributed by atoms with E-state index in [4.69, 9.17) is 0 Å². The van der Waals surface area contributed by atoms with E-state index in [1.54, 1.807) is 0 Å². The van der Waals surface area contributed by atoms with Crippen LogP contribution >= 0.6 is 0 Å². The SMILES string of the molecule is [As]N(c1ccccc1)c1ccccc1. The zero-order valence-electron chi connectivity index (χ0n) is 7.67. The van der Waals surface area contributed by atoms with E-state index in [2.05, 4.69) is 45.2 Å². The second kappa shape index (κ2) is 4.34. The van der Waals surface area contributed by atoms with Crippen LogP contribution in [0.3, 0.4) is 0 Å². The van der Waals surface area contributed by atoms with Crippen molar-refractivity contribution in [3.8, 4) is 0 Å². The molecule has 2 rings (SSSR count). The van der Waals surface area contributed by atoms with Crippen molar-refractivity contribution < 1.29 is 0 Å². The Morgan fingerprint density at radius 1 is 0.643 bits per heavy atom. The molecule has 0 saturated heterocycles. The van der Waals surface area contributed by atoms with Crippen LogP contribution in [0.5, 0.6) is 0 Å². The molecule has 2 aromatic carbocycles. The molecule has 2 heteroatoms. The first-order chi connectivity index (χ1) is 6.88. The quantitative estimate of drug-likeness (QED) is 0.733. The van der Waals surface area contributed by atoms with Crippen LogP contribution < -0.4 is 3.82 Å². The molecule has 0 aliphatic rings. The van der Waals surface area contributed by atoms with E-state index in [1.807, 2.05) is 36.4 Å². The Morgan fingerprint density at radius 3 is 1.36 bits per heavy atom. The summed E-state index contributed by atoms with van der Waals surface area (Å²) in [5.74, 6) is 0. The Bertz CT molecular complexity index is 346. The molecule has 0 saturated carbocycles. The van der Waals surface area contributed by atoms with E-state index in [0.29, 0.717) is 0 Å². The molecule has 0 unspecified atom stereocenters. The first kappa shape index (κ1) is 9.36. The van der Waals surface area contributed by atoms with Crippen LogP contribution in [0.1, 0.15) is 0 Å². The molecule has 0 fully saturated rings. The van der Waals surface area contributed by atoms with Crippen LogP contribution in [0.25, 0.3) is 0 Å². The molecule has 0 atom stereocenters. The van der Waals surface area contributed by atoms with Crippen LogP contribution in [0.2, 0.25) is 0 Å². The van der Waals surface area contributed by atoms with Gasteiger partial charge in [-0.15, -0.1) is 0 Å². The van der Waals surface area contributed by atoms with Gasteiger partial charge in [0.05, 0.1) is 0 Å². The Balaban J connectivity index is 2.30. The molecule has 2 radical (unpaired) electrons. The summed E-state index contributed by atoms with van der Waals surface area (Å²) in [6.07, 6.45) is 0. The van der Waals surface area contributed by atoms with Crippen molar-refractivity contribution in [3.63, 3.8) is 0 Å². The molecule has 1 nitrogen and oxygen atoms in total. The van der Waals surface area contributed by atoms with Crippen molar-refractivity contribution >= 4 is 28.5 Å². The molecule has 2 aromatic rings. The van der Waals surface area contributed by atoms with Crippen molar-refractivity contribution in [2.24, 2.45) is 0 Å². The fraction of sp³-hybridized carbons (Fsp3) is 0. The van der Waals surface area contributed by atoms with E-state index in [1.165, 1.54) is 11.4 Å². The van der Waals surface area contributed by atoms with Crippen molar-refractivity contribution in [2.75, 3.05) is 3.82 Å². The van der Waals surface area contributed by atoms with Gasteiger partial charge in [0.15, 0.2) is 0 Å². The molecular weight excluding hydrogens is 233 g/mol. The summed E-state index contributed by atoms with van der Waals surface area (Å²) in [5, 5.41) is 0. The molecule has 0 aliphatic heterocycles. The molecule has 14 heavy (non-hydrogen) atoms. The monoisotopic (exact) mass is 243 g/mol. The summed E-state index contributed by atoms with van der Waals surface area (Å²) in [5.41, 5.74) is 2.36. The van der Waals surface area contributed by atoms with Crippen LogP contribution in [0.15, 0.2) is 60.7 Å². The molecule has 0 N–H and O–H groups in total. The van der Waals surface area contributed by atoms with Gasteiger partial charge in [-0.1, -0.05) is 0 Å². The van der Waals surface area contributed by atoms with Gasteiger partial charge in [-0.25, -0.2) is 0 Å². The van der Waals surface area contributed by atoms with E-state index in [9.17, 15) is 0 Å². The molecule has 0 aliphatic carbocycles. The van der Waals surface area contributed by atoms with Crippen molar-refractivity contribution in [3.05, 3.63) is 60.7 Å². The molecule has 0 spiro atoms. The van der Waals surface area contributed by atoms with Gasteiger partial charge in [0.1, 0.15) is 0 Å². The Kier molecular flexibility index (Phi) is 2.90. The zero-order chi connectivity index (χ0) is 9.80. The molecule has 0 amide bonds. The predicted molar refractivity (Wildman–Crippen MR) is 60.8 cm³/mol. The Hall–Kier alpha value is -1.20. The summed E-state index contributed by atoms with van der Waals surface area (Å²) >= 11 is 2.56. The van der Waals surface area contributed by atoms with Gasteiger partial charge in [-0.2, -0.15) is 0 Å². The number of hydrogen-bond donors (Lipinski definition) is 0. The predicted octanol–water partition coefficient (Wildman–Crippen LogP) is 2.91. The Morgan fingerprint density at radius 2 is 1.00 bits per heavy atom. The van der Waals surface area contributed by atoms with Gasteiger partial charge in [0.2, 0.25) is 0 Å². The maximum absolute atomic E-state index is 2.56. The van der Waals surface area contributed by atoms with Crippen LogP contribution in [-0.2, 0) is 0 Å². The number of anilines is 2. The first-order valence-corrected chi connectivity index (χ1v) is 5.31. The topological polar surface area (TPSA) is 3.24 Å². The normalized spacial score (nSPS) is 9.79. The van der Waals surface area contributed by atoms with Crippen LogP contribution in [0.4, 0.5) is 11.4 Å². The van der Waals surface area contributed by atoms with Gasteiger partial charge >= 0.3 is 92.9 Å². The summed E-state index contributed by atoms with van der Waals surface area (Å²) in [6, 6.07) is 20.6. The fourth-order valence-electron chi connectivity index (χ4n) is 1.29. The Labute approximate surface area is 93.1 Å². The molecule has 0 bridgehead atoms. The van der Waals surface area contributed by atoms with Crippen molar-refractivity contribution in [2.45, 2.75) is 0 Å². The number of para-hydroxylation sites is 2. The molecular formula is C12H10AsN. The summed E-state index contributed by atoms with van der Waals surface area (Å²) in [6.45, 7) is 0. The molecule has 0 aromatic heterocycles. The van der Waals surface area contributed by atoms with E-state index < -0.39 is 0 Å². The number of nitrogens with zero attached hydrogens (tertiary/aromatic N) is 1. The third-order valence-corrected chi connectivity index (χ3v) is 2.97. The minimum atomic E-state index is 1.18. The second-order valence-corrected chi connectivity index (χ2v) is 3.82. The van der Waals surface area contributed by atoms with Gasteiger partial charge in [0.25, 0.3) is 0 Å². The maximum atomic E-state index is 2.56. The zero-order valence-corrected chi connectivity index (χ0v) is 9.54. The summed E-state index contributed by atoms with van der Waals surface area (Å²) in [7, 11) is 0. The molecule has 0 heterocycles. The van der Waals surface area contributed by atoms with Crippen LogP contribution in [0, 0.1) is 0 Å². The van der Waals surface area contributed by atoms with Crippen molar-refractivity contribution in [1.29, 1.82) is 0 Å². The minimum absolute atomic E-state index is 1.18. The number of rotatable bonds is 2. The second-order valence-electron chi connectivity index (χ2n) is 2.98. The average molecular weight is 243 g/mol. The number of hydrogen-bond acceptors (Lipinski definition) is 1. The molecule has 68 valence electrons. The van der Waals surface area contributed by atoms with E-state index >= 15 is 0 Å². The third kappa shape index (κ3) is 1.99. The van der Waals surface area contributed by atoms with Gasteiger partial charge < -0.3 is 0 Å². The fourth-order valence-corrected chi connectivity index (χ4v) is 1.85. The summed E-state index contributed by atoms with van der Waals surface area (Å²) in [4.78, 5) is 0. The first-order valence-electron chi connectivity index (χ1n) is 4.47. The number of benzene rings is 2. The van der Waals surface area contributed by atoms with Crippen LogP contribution in [-0.4, -0.2) is 17.1 Å². The average Bonchev–Trinajstić information content (AvgIpc) is 2.30.